The Hall–Kier alpha value is -1.51. The van der Waals surface area contributed by atoms with Crippen LogP contribution in [0.5, 0.6) is 0 Å². The molecule has 0 heterocycles. The average molecular weight is 248 g/mol. The summed E-state index contributed by atoms with van der Waals surface area (Å²) in [5, 5.41) is 5.84. The molecule has 0 fully saturated rings. The van der Waals surface area contributed by atoms with E-state index < -0.39 is 0 Å². The lowest BCUT2D eigenvalue weighted by Gasteiger charge is -2.14. The molecule has 0 radical (unpaired) electrons. The summed E-state index contributed by atoms with van der Waals surface area (Å²) < 4.78 is 0. The van der Waals surface area contributed by atoms with Gasteiger partial charge in [0, 0.05) is 12.2 Å². The van der Waals surface area contributed by atoms with Gasteiger partial charge >= 0.3 is 6.03 Å². The van der Waals surface area contributed by atoms with Crippen LogP contribution in [-0.4, -0.2) is 12.6 Å². The third-order valence-corrected chi connectivity index (χ3v) is 2.99. The topological polar surface area (TPSA) is 41.1 Å². The van der Waals surface area contributed by atoms with E-state index in [-0.39, 0.29) is 6.03 Å². The second kappa shape index (κ2) is 7.04. The van der Waals surface area contributed by atoms with Crippen molar-refractivity contribution in [2.45, 2.75) is 40.5 Å². The molecule has 3 heteroatoms. The van der Waals surface area contributed by atoms with E-state index >= 15 is 0 Å². The Bertz CT molecular complexity index is 399. The number of benzene rings is 1. The zero-order chi connectivity index (χ0) is 13.5. The van der Waals surface area contributed by atoms with Crippen molar-refractivity contribution in [3.8, 4) is 0 Å². The van der Waals surface area contributed by atoms with E-state index in [4.69, 9.17) is 0 Å². The third-order valence-electron chi connectivity index (χ3n) is 2.99. The summed E-state index contributed by atoms with van der Waals surface area (Å²) in [5.74, 6) is 0.606. The van der Waals surface area contributed by atoms with Gasteiger partial charge in [-0.05, 0) is 36.8 Å². The minimum absolute atomic E-state index is 0.111. The lowest BCUT2D eigenvalue weighted by atomic mass is 10.1. The summed E-state index contributed by atoms with van der Waals surface area (Å²) in [6, 6.07) is 5.98. The fourth-order valence-corrected chi connectivity index (χ4v) is 1.83. The van der Waals surface area contributed by atoms with Crippen LogP contribution in [0.1, 0.15) is 38.3 Å². The molecule has 1 aromatic rings. The number of urea groups is 1. The van der Waals surface area contributed by atoms with Crippen molar-refractivity contribution in [1.82, 2.24) is 5.32 Å². The molecule has 100 valence electrons. The van der Waals surface area contributed by atoms with Crippen molar-refractivity contribution in [2.75, 3.05) is 11.9 Å². The fraction of sp³-hybridized carbons (Fsp3) is 0.533. The van der Waals surface area contributed by atoms with Crippen LogP contribution in [0.3, 0.4) is 0 Å². The highest BCUT2D eigenvalue weighted by Gasteiger charge is 2.07. The molecular weight excluding hydrogens is 224 g/mol. The lowest BCUT2D eigenvalue weighted by molar-refractivity contribution is 0.251. The van der Waals surface area contributed by atoms with Crippen molar-refractivity contribution < 1.29 is 4.79 Å². The summed E-state index contributed by atoms with van der Waals surface area (Å²) in [6.07, 6.45) is 1.92. The Balaban J connectivity index is 2.59. The molecule has 0 atom stereocenters. The van der Waals surface area contributed by atoms with Gasteiger partial charge in [-0.2, -0.15) is 0 Å². The quantitative estimate of drug-likeness (QED) is 0.819. The van der Waals surface area contributed by atoms with E-state index in [0.29, 0.717) is 5.92 Å². The first-order valence-electron chi connectivity index (χ1n) is 6.68. The maximum atomic E-state index is 11.8. The van der Waals surface area contributed by atoms with Crippen LogP contribution in [0.15, 0.2) is 18.2 Å². The van der Waals surface area contributed by atoms with Gasteiger partial charge in [0.2, 0.25) is 0 Å². The fourth-order valence-electron chi connectivity index (χ4n) is 1.83. The van der Waals surface area contributed by atoms with Gasteiger partial charge < -0.3 is 10.6 Å². The van der Waals surface area contributed by atoms with Gasteiger partial charge in [-0.15, -0.1) is 0 Å². The van der Waals surface area contributed by atoms with Crippen LogP contribution < -0.4 is 10.6 Å². The highest BCUT2D eigenvalue weighted by molar-refractivity contribution is 5.91. The predicted molar refractivity (Wildman–Crippen MR) is 77.0 cm³/mol. The van der Waals surface area contributed by atoms with Gasteiger partial charge in [-0.3, -0.25) is 0 Å². The Morgan fingerprint density at radius 1 is 1.33 bits per heavy atom. The number of carbonyl (C=O) groups is 1. The molecule has 0 aliphatic carbocycles. The minimum Gasteiger partial charge on any atom is -0.338 e. The molecule has 0 saturated carbocycles. The van der Waals surface area contributed by atoms with Gasteiger partial charge in [0.25, 0.3) is 0 Å². The molecule has 3 nitrogen and oxygen atoms in total. The summed E-state index contributed by atoms with van der Waals surface area (Å²) in [5.41, 5.74) is 3.23. The standard InChI is InChI=1S/C15H24N2O/c1-5-13-8-6-7-12(4)14(13)17-15(18)16-10-9-11(2)3/h6-8,11H,5,9-10H2,1-4H3,(H2,16,17,18). The molecule has 0 aliphatic heterocycles. The number of hydrogen-bond donors (Lipinski definition) is 2. The molecule has 2 N–H and O–H groups in total. The second-order valence-electron chi connectivity index (χ2n) is 5.03. The zero-order valence-electron chi connectivity index (χ0n) is 11.8. The number of nitrogens with one attached hydrogen (secondary N) is 2. The van der Waals surface area contributed by atoms with Crippen molar-refractivity contribution in [1.29, 1.82) is 0 Å². The molecule has 0 aliphatic rings. The number of aryl methyl sites for hydroxylation is 2. The van der Waals surface area contributed by atoms with Gasteiger partial charge in [-0.25, -0.2) is 4.79 Å². The van der Waals surface area contributed by atoms with Crippen LogP contribution in [0.4, 0.5) is 10.5 Å². The summed E-state index contributed by atoms with van der Waals surface area (Å²) in [6.45, 7) is 9.13. The van der Waals surface area contributed by atoms with Crippen LogP contribution in [-0.2, 0) is 6.42 Å². The van der Waals surface area contributed by atoms with Crippen LogP contribution >= 0.6 is 0 Å². The molecule has 18 heavy (non-hydrogen) atoms. The Kier molecular flexibility index (Phi) is 5.69. The number of amides is 2. The van der Waals surface area contributed by atoms with E-state index in [0.717, 1.165) is 30.6 Å². The minimum atomic E-state index is -0.111. The monoisotopic (exact) mass is 248 g/mol. The molecule has 0 aromatic heterocycles. The Morgan fingerprint density at radius 3 is 2.67 bits per heavy atom. The molecule has 0 unspecified atom stereocenters. The summed E-state index contributed by atoms with van der Waals surface area (Å²) >= 11 is 0. The molecule has 0 saturated heterocycles. The van der Waals surface area contributed by atoms with Gasteiger partial charge in [0.1, 0.15) is 0 Å². The highest BCUT2D eigenvalue weighted by Crippen LogP contribution is 2.20. The van der Waals surface area contributed by atoms with E-state index in [1.54, 1.807) is 0 Å². The zero-order valence-corrected chi connectivity index (χ0v) is 11.8. The molecule has 2 amide bonds. The van der Waals surface area contributed by atoms with Crippen molar-refractivity contribution >= 4 is 11.7 Å². The van der Waals surface area contributed by atoms with E-state index in [1.807, 2.05) is 19.1 Å². The first kappa shape index (κ1) is 14.6. The maximum absolute atomic E-state index is 11.8. The molecule has 1 aromatic carbocycles. The van der Waals surface area contributed by atoms with Gasteiger partial charge in [0.15, 0.2) is 0 Å². The number of rotatable bonds is 5. The largest absolute Gasteiger partial charge is 0.338 e. The van der Waals surface area contributed by atoms with E-state index in [9.17, 15) is 4.79 Å². The first-order chi connectivity index (χ1) is 8.54. The smallest absolute Gasteiger partial charge is 0.319 e. The Morgan fingerprint density at radius 2 is 2.06 bits per heavy atom. The average Bonchev–Trinajstić information content (AvgIpc) is 2.31. The normalized spacial score (nSPS) is 10.5. The van der Waals surface area contributed by atoms with E-state index in [2.05, 4.69) is 37.5 Å². The van der Waals surface area contributed by atoms with Crippen molar-refractivity contribution in [3.05, 3.63) is 29.3 Å². The third kappa shape index (κ3) is 4.40. The first-order valence-corrected chi connectivity index (χ1v) is 6.68. The second-order valence-corrected chi connectivity index (χ2v) is 5.03. The number of hydrogen-bond acceptors (Lipinski definition) is 1. The van der Waals surface area contributed by atoms with Crippen LogP contribution in [0.2, 0.25) is 0 Å². The number of carbonyl (C=O) groups excluding carboxylic acids is 1. The van der Waals surface area contributed by atoms with Crippen molar-refractivity contribution in [2.24, 2.45) is 5.92 Å². The molecule has 0 spiro atoms. The number of para-hydroxylation sites is 1. The van der Waals surface area contributed by atoms with Crippen molar-refractivity contribution in [3.63, 3.8) is 0 Å². The SMILES string of the molecule is CCc1cccc(C)c1NC(=O)NCCC(C)C. The molecule has 1 rings (SSSR count). The maximum Gasteiger partial charge on any atom is 0.319 e. The van der Waals surface area contributed by atoms with Crippen LogP contribution in [0, 0.1) is 12.8 Å². The van der Waals surface area contributed by atoms with E-state index in [1.165, 1.54) is 5.56 Å². The number of anilines is 1. The molecular formula is C15H24N2O. The van der Waals surface area contributed by atoms with Gasteiger partial charge in [0.05, 0.1) is 0 Å². The lowest BCUT2D eigenvalue weighted by Crippen LogP contribution is -2.30. The Labute approximate surface area is 110 Å². The predicted octanol–water partition coefficient (Wildman–Crippen LogP) is 3.73. The van der Waals surface area contributed by atoms with Crippen LogP contribution in [0.25, 0.3) is 0 Å². The highest BCUT2D eigenvalue weighted by atomic mass is 16.2. The van der Waals surface area contributed by atoms with Gasteiger partial charge in [-0.1, -0.05) is 39.0 Å². The summed E-state index contributed by atoms with van der Waals surface area (Å²) in [4.78, 5) is 11.8. The molecule has 0 bridgehead atoms. The summed E-state index contributed by atoms with van der Waals surface area (Å²) in [7, 11) is 0.